The Morgan fingerprint density at radius 1 is 0.960 bits per heavy atom. The van der Waals surface area contributed by atoms with Crippen LogP contribution in [-0.4, -0.2) is 19.1 Å². The molecule has 1 N–H and O–H groups in total. The molecule has 3 rings (SSSR count). The molecule has 0 radical (unpaired) electrons. The Morgan fingerprint density at radius 2 is 1.68 bits per heavy atom. The minimum Gasteiger partial charge on any atom is -0.497 e. The van der Waals surface area contributed by atoms with Gasteiger partial charge in [0, 0.05) is 6.54 Å². The van der Waals surface area contributed by atoms with Crippen molar-refractivity contribution in [2.24, 2.45) is 0 Å². The van der Waals surface area contributed by atoms with Crippen molar-refractivity contribution in [2.75, 3.05) is 7.11 Å². The number of rotatable bonds is 6. The summed E-state index contributed by atoms with van der Waals surface area (Å²) >= 11 is 0. The summed E-state index contributed by atoms with van der Waals surface area (Å²) in [6.45, 7) is 2.21. The van der Waals surface area contributed by atoms with Crippen LogP contribution in [0.4, 0.5) is 0 Å². The number of hydrogen-bond donors (Lipinski definition) is 1. The predicted octanol–water partition coefficient (Wildman–Crippen LogP) is 3.93. The van der Waals surface area contributed by atoms with Crippen LogP contribution in [0.1, 0.15) is 12.5 Å². The maximum absolute atomic E-state index is 12.2. The first-order chi connectivity index (χ1) is 12.2. The van der Waals surface area contributed by atoms with E-state index in [0.717, 1.165) is 22.1 Å². The van der Waals surface area contributed by atoms with Crippen LogP contribution in [0, 0.1) is 0 Å². The summed E-state index contributed by atoms with van der Waals surface area (Å²) in [5.41, 5.74) is 1.04. The van der Waals surface area contributed by atoms with Crippen molar-refractivity contribution in [1.29, 1.82) is 0 Å². The Morgan fingerprint density at radius 3 is 2.44 bits per heavy atom. The van der Waals surface area contributed by atoms with Crippen LogP contribution in [0.2, 0.25) is 0 Å². The Balaban J connectivity index is 1.60. The fourth-order valence-electron chi connectivity index (χ4n) is 2.60. The minimum atomic E-state index is -0.549. The number of carbonyl (C=O) groups is 1. The van der Waals surface area contributed by atoms with Gasteiger partial charge in [-0.25, -0.2) is 0 Å². The molecule has 1 atom stereocenters. The lowest BCUT2D eigenvalue weighted by molar-refractivity contribution is -0.127. The summed E-state index contributed by atoms with van der Waals surface area (Å²) in [5.74, 6) is 1.38. The second-order valence-electron chi connectivity index (χ2n) is 5.84. The molecule has 0 saturated heterocycles. The summed E-state index contributed by atoms with van der Waals surface area (Å²) in [7, 11) is 1.66. The number of benzene rings is 3. The molecule has 0 saturated carbocycles. The van der Waals surface area contributed by atoms with E-state index in [4.69, 9.17) is 9.47 Å². The van der Waals surface area contributed by atoms with Crippen molar-refractivity contribution in [3.05, 3.63) is 72.3 Å². The Kier molecular flexibility index (Phi) is 5.19. The van der Waals surface area contributed by atoms with Gasteiger partial charge in [-0.3, -0.25) is 4.79 Å². The van der Waals surface area contributed by atoms with E-state index in [1.54, 1.807) is 14.0 Å². The van der Waals surface area contributed by atoms with E-state index in [2.05, 4.69) is 11.4 Å². The van der Waals surface area contributed by atoms with Crippen LogP contribution in [0.3, 0.4) is 0 Å². The van der Waals surface area contributed by atoms with Gasteiger partial charge in [0.2, 0.25) is 0 Å². The van der Waals surface area contributed by atoms with E-state index in [1.165, 1.54) is 0 Å². The van der Waals surface area contributed by atoms with E-state index >= 15 is 0 Å². The highest BCUT2D eigenvalue weighted by atomic mass is 16.5. The van der Waals surface area contributed by atoms with Crippen LogP contribution in [0.25, 0.3) is 10.8 Å². The third kappa shape index (κ3) is 4.29. The van der Waals surface area contributed by atoms with Gasteiger partial charge in [0.1, 0.15) is 11.5 Å². The monoisotopic (exact) mass is 335 g/mol. The second kappa shape index (κ2) is 7.71. The van der Waals surface area contributed by atoms with E-state index in [1.807, 2.05) is 60.7 Å². The Labute approximate surface area is 147 Å². The van der Waals surface area contributed by atoms with Gasteiger partial charge in [-0.15, -0.1) is 0 Å². The SMILES string of the molecule is COc1ccc2cc(CNC(=O)C(C)Oc3ccccc3)ccc2c1. The van der Waals surface area contributed by atoms with Gasteiger partial charge in [0.25, 0.3) is 5.91 Å². The lowest BCUT2D eigenvalue weighted by Gasteiger charge is -2.15. The number of hydrogen-bond acceptors (Lipinski definition) is 3. The minimum absolute atomic E-state index is 0.140. The van der Waals surface area contributed by atoms with Gasteiger partial charge in [-0.1, -0.05) is 36.4 Å². The zero-order valence-corrected chi connectivity index (χ0v) is 14.4. The maximum atomic E-state index is 12.2. The van der Waals surface area contributed by atoms with E-state index in [0.29, 0.717) is 12.3 Å². The Bertz CT molecular complexity index is 861. The third-order valence-corrected chi connectivity index (χ3v) is 4.00. The molecule has 3 aromatic rings. The second-order valence-corrected chi connectivity index (χ2v) is 5.84. The summed E-state index contributed by atoms with van der Waals surface area (Å²) in [6.07, 6.45) is -0.549. The van der Waals surface area contributed by atoms with Gasteiger partial charge in [0.15, 0.2) is 6.10 Å². The van der Waals surface area contributed by atoms with Crippen LogP contribution in [-0.2, 0) is 11.3 Å². The summed E-state index contributed by atoms with van der Waals surface area (Å²) in [4.78, 5) is 12.2. The van der Waals surface area contributed by atoms with Gasteiger partial charge < -0.3 is 14.8 Å². The number of methoxy groups -OCH3 is 1. The predicted molar refractivity (Wildman–Crippen MR) is 98.9 cm³/mol. The molecule has 1 unspecified atom stereocenters. The van der Waals surface area contributed by atoms with E-state index in [-0.39, 0.29) is 5.91 Å². The molecular formula is C21H21NO3. The Hall–Kier alpha value is -3.01. The molecule has 4 heteroatoms. The number of carbonyl (C=O) groups excluding carboxylic acids is 1. The van der Waals surface area contributed by atoms with Crippen molar-refractivity contribution >= 4 is 16.7 Å². The average molecular weight is 335 g/mol. The molecule has 0 aliphatic carbocycles. The number of fused-ring (bicyclic) bond motifs is 1. The molecule has 3 aromatic carbocycles. The smallest absolute Gasteiger partial charge is 0.261 e. The summed E-state index contributed by atoms with van der Waals surface area (Å²) in [6, 6.07) is 21.4. The van der Waals surface area contributed by atoms with Crippen LogP contribution >= 0.6 is 0 Å². The molecule has 1 amide bonds. The zero-order chi connectivity index (χ0) is 17.6. The lowest BCUT2D eigenvalue weighted by Crippen LogP contribution is -2.35. The fraction of sp³-hybridized carbons (Fsp3) is 0.190. The molecule has 0 spiro atoms. The van der Waals surface area contributed by atoms with Crippen molar-refractivity contribution in [1.82, 2.24) is 5.32 Å². The largest absolute Gasteiger partial charge is 0.497 e. The van der Waals surface area contributed by atoms with Crippen molar-refractivity contribution in [2.45, 2.75) is 19.6 Å². The van der Waals surface area contributed by atoms with Crippen molar-refractivity contribution in [3.63, 3.8) is 0 Å². The topological polar surface area (TPSA) is 47.6 Å². The van der Waals surface area contributed by atoms with Crippen LogP contribution in [0.15, 0.2) is 66.7 Å². The average Bonchev–Trinajstić information content (AvgIpc) is 2.66. The molecule has 25 heavy (non-hydrogen) atoms. The molecule has 0 heterocycles. The quantitative estimate of drug-likeness (QED) is 0.742. The van der Waals surface area contributed by atoms with Gasteiger partial charge >= 0.3 is 0 Å². The standard InChI is InChI=1S/C21H21NO3/c1-15(25-19-6-4-3-5-7-19)21(23)22-14-16-8-9-18-13-20(24-2)11-10-17(18)12-16/h3-13,15H,14H2,1-2H3,(H,22,23). The molecule has 0 fully saturated rings. The number of nitrogens with one attached hydrogen (secondary N) is 1. The summed E-state index contributed by atoms with van der Waals surface area (Å²) in [5, 5.41) is 5.14. The molecule has 4 nitrogen and oxygen atoms in total. The lowest BCUT2D eigenvalue weighted by atomic mass is 10.1. The fourth-order valence-corrected chi connectivity index (χ4v) is 2.60. The van der Waals surface area contributed by atoms with E-state index in [9.17, 15) is 4.79 Å². The molecule has 0 bridgehead atoms. The maximum Gasteiger partial charge on any atom is 0.261 e. The van der Waals surface area contributed by atoms with Crippen molar-refractivity contribution < 1.29 is 14.3 Å². The van der Waals surface area contributed by atoms with Crippen LogP contribution < -0.4 is 14.8 Å². The summed E-state index contributed by atoms with van der Waals surface area (Å²) < 4.78 is 10.9. The number of para-hydroxylation sites is 1. The normalized spacial score (nSPS) is 11.8. The first-order valence-corrected chi connectivity index (χ1v) is 8.22. The molecule has 0 aliphatic heterocycles. The van der Waals surface area contributed by atoms with Crippen LogP contribution in [0.5, 0.6) is 11.5 Å². The van der Waals surface area contributed by atoms with E-state index < -0.39 is 6.10 Å². The first kappa shape index (κ1) is 16.8. The molecule has 0 aromatic heterocycles. The highest BCUT2D eigenvalue weighted by Gasteiger charge is 2.14. The van der Waals surface area contributed by atoms with Gasteiger partial charge in [-0.05, 0) is 53.6 Å². The van der Waals surface area contributed by atoms with Crippen molar-refractivity contribution in [3.8, 4) is 11.5 Å². The number of amides is 1. The zero-order valence-electron chi connectivity index (χ0n) is 14.4. The van der Waals surface area contributed by atoms with Gasteiger partial charge in [-0.2, -0.15) is 0 Å². The molecule has 128 valence electrons. The van der Waals surface area contributed by atoms with Gasteiger partial charge in [0.05, 0.1) is 7.11 Å². The molecule has 0 aliphatic rings. The highest BCUT2D eigenvalue weighted by Crippen LogP contribution is 2.21. The first-order valence-electron chi connectivity index (χ1n) is 8.22. The number of ether oxygens (including phenoxy) is 2. The third-order valence-electron chi connectivity index (χ3n) is 4.00. The molecular weight excluding hydrogens is 314 g/mol. The highest BCUT2D eigenvalue weighted by molar-refractivity contribution is 5.85.